The van der Waals surface area contributed by atoms with E-state index >= 15 is 0 Å². The van der Waals surface area contributed by atoms with Crippen LogP contribution in [0, 0.1) is 23.0 Å². The van der Waals surface area contributed by atoms with E-state index in [1.54, 1.807) is 6.92 Å². The van der Waals surface area contributed by atoms with Crippen LogP contribution in [0.2, 0.25) is 0 Å². The van der Waals surface area contributed by atoms with Crippen molar-refractivity contribution >= 4 is 17.3 Å². The van der Waals surface area contributed by atoms with Gasteiger partial charge in [0.1, 0.15) is 5.56 Å². The van der Waals surface area contributed by atoms with Gasteiger partial charge in [-0.25, -0.2) is 0 Å². The smallest absolute Gasteiger partial charge is 0.346 e. The standard InChI is InChI=1S/C18H20N4O4/c1-12-9-15(16(22(25)26)18(24)20-12)17(23)19-10-13-7-8-21(11-13)14-5-3-2-4-6-14/h2-6,9,13H,7-8,10-11H2,1H3,(H,19,23)(H,20,24). The number of anilines is 1. The number of hydrogen-bond acceptors (Lipinski definition) is 5. The number of nitrogens with one attached hydrogen (secondary N) is 2. The van der Waals surface area contributed by atoms with Crippen LogP contribution in [0.5, 0.6) is 0 Å². The van der Waals surface area contributed by atoms with Crippen molar-refractivity contribution in [1.29, 1.82) is 0 Å². The van der Waals surface area contributed by atoms with Gasteiger partial charge >= 0.3 is 11.2 Å². The second-order valence-corrected chi connectivity index (χ2v) is 6.45. The number of nitrogens with zero attached hydrogens (tertiary/aromatic N) is 2. The zero-order valence-corrected chi connectivity index (χ0v) is 14.4. The van der Waals surface area contributed by atoms with E-state index in [0.717, 1.165) is 25.2 Å². The van der Waals surface area contributed by atoms with E-state index in [1.165, 1.54) is 6.07 Å². The van der Waals surface area contributed by atoms with Crippen molar-refractivity contribution < 1.29 is 9.72 Å². The summed E-state index contributed by atoms with van der Waals surface area (Å²) in [4.78, 5) is 39.1. The highest BCUT2D eigenvalue weighted by molar-refractivity contribution is 5.98. The summed E-state index contributed by atoms with van der Waals surface area (Å²) in [5, 5.41) is 13.9. The number of H-pyrrole nitrogens is 1. The van der Waals surface area contributed by atoms with Crippen LogP contribution in [0.15, 0.2) is 41.2 Å². The van der Waals surface area contributed by atoms with Gasteiger partial charge in [0.15, 0.2) is 0 Å². The first-order valence-corrected chi connectivity index (χ1v) is 8.42. The van der Waals surface area contributed by atoms with Crippen molar-refractivity contribution in [3.8, 4) is 0 Å². The van der Waals surface area contributed by atoms with Crippen LogP contribution in [0.25, 0.3) is 0 Å². The lowest BCUT2D eigenvalue weighted by Crippen LogP contribution is -2.32. The molecule has 1 aliphatic heterocycles. The molecule has 2 heterocycles. The molecule has 8 nitrogen and oxygen atoms in total. The monoisotopic (exact) mass is 356 g/mol. The predicted octanol–water partition coefficient (Wildman–Crippen LogP) is 1.85. The Morgan fingerprint density at radius 1 is 1.38 bits per heavy atom. The number of aromatic nitrogens is 1. The molecule has 1 aliphatic rings. The molecule has 2 N–H and O–H groups in total. The fourth-order valence-corrected chi connectivity index (χ4v) is 3.24. The molecule has 2 aromatic rings. The molecular weight excluding hydrogens is 336 g/mol. The van der Waals surface area contributed by atoms with Crippen molar-refractivity contribution in [3.05, 3.63) is 68.1 Å². The summed E-state index contributed by atoms with van der Waals surface area (Å²) in [7, 11) is 0. The number of amides is 1. The number of hydrogen-bond donors (Lipinski definition) is 2. The Morgan fingerprint density at radius 3 is 2.81 bits per heavy atom. The van der Waals surface area contributed by atoms with Gasteiger partial charge in [-0.1, -0.05) is 18.2 Å². The number of benzene rings is 1. The van der Waals surface area contributed by atoms with Gasteiger partial charge in [-0.05, 0) is 37.5 Å². The minimum atomic E-state index is -0.865. The molecule has 0 bridgehead atoms. The van der Waals surface area contributed by atoms with Crippen molar-refractivity contribution in [2.24, 2.45) is 5.92 Å². The normalized spacial score (nSPS) is 16.5. The number of aromatic amines is 1. The van der Waals surface area contributed by atoms with Crippen LogP contribution in [0.3, 0.4) is 0 Å². The maximum absolute atomic E-state index is 12.4. The zero-order valence-electron chi connectivity index (χ0n) is 14.4. The second-order valence-electron chi connectivity index (χ2n) is 6.45. The summed E-state index contributed by atoms with van der Waals surface area (Å²) in [5.41, 5.74) is -0.236. The summed E-state index contributed by atoms with van der Waals surface area (Å²) in [5.74, 6) is -0.342. The molecule has 1 fully saturated rings. The fourth-order valence-electron chi connectivity index (χ4n) is 3.24. The number of para-hydroxylation sites is 1. The third kappa shape index (κ3) is 3.74. The molecular formula is C18H20N4O4. The lowest BCUT2D eigenvalue weighted by Gasteiger charge is -2.18. The fraction of sp³-hybridized carbons (Fsp3) is 0.333. The first kappa shape index (κ1) is 17.7. The SMILES string of the molecule is Cc1cc(C(=O)NCC2CCN(c3ccccc3)C2)c([N+](=O)[O-])c(=O)[nH]1. The Kier molecular flexibility index (Phi) is 5.01. The second kappa shape index (κ2) is 7.38. The molecule has 8 heteroatoms. The average Bonchev–Trinajstić information content (AvgIpc) is 3.08. The van der Waals surface area contributed by atoms with Crippen LogP contribution in [0.1, 0.15) is 22.5 Å². The minimum absolute atomic E-state index is 0.200. The summed E-state index contributed by atoms with van der Waals surface area (Å²) in [6.45, 7) is 3.69. The van der Waals surface area contributed by atoms with E-state index in [2.05, 4.69) is 15.2 Å². The highest BCUT2D eigenvalue weighted by Gasteiger charge is 2.27. The average molecular weight is 356 g/mol. The first-order chi connectivity index (χ1) is 12.5. The first-order valence-electron chi connectivity index (χ1n) is 8.42. The minimum Gasteiger partial charge on any atom is -0.371 e. The lowest BCUT2D eigenvalue weighted by atomic mass is 10.1. The molecule has 0 radical (unpaired) electrons. The number of rotatable bonds is 5. The van der Waals surface area contributed by atoms with Crippen molar-refractivity contribution in [1.82, 2.24) is 10.3 Å². The number of aryl methyl sites for hydroxylation is 1. The molecule has 3 rings (SSSR count). The molecule has 0 saturated carbocycles. The molecule has 1 unspecified atom stereocenters. The number of carbonyl (C=O) groups excluding carboxylic acids is 1. The Hall–Kier alpha value is -3.16. The van der Waals surface area contributed by atoms with Crippen molar-refractivity contribution in [2.75, 3.05) is 24.5 Å². The van der Waals surface area contributed by atoms with E-state index in [0.29, 0.717) is 12.2 Å². The Balaban J connectivity index is 1.65. The van der Waals surface area contributed by atoms with E-state index < -0.39 is 22.1 Å². The van der Waals surface area contributed by atoms with Gasteiger partial charge in [0.05, 0.1) is 4.92 Å². The van der Waals surface area contributed by atoms with Crippen LogP contribution in [-0.2, 0) is 0 Å². The van der Waals surface area contributed by atoms with E-state index in [9.17, 15) is 19.7 Å². The number of pyridine rings is 1. The van der Waals surface area contributed by atoms with Crippen molar-refractivity contribution in [2.45, 2.75) is 13.3 Å². The summed E-state index contributed by atoms with van der Waals surface area (Å²) < 4.78 is 0. The topological polar surface area (TPSA) is 108 Å². The molecule has 1 aromatic heterocycles. The van der Waals surface area contributed by atoms with Gasteiger partial charge < -0.3 is 15.2 Å². The van der Waals surface area contributed by atoms with Crippen LogP contribution in [-0.4, -0.2) is 35.4 Å². The van der Waals surface area contributed by atoms with Gasteiger partial charge in [-0.15, -0.1) is 0 Å². The van der Waals surface area contributed by atoms with E-state index in [4.69, 9.17) is 0 Å². The number of carbonyl (C=O) groups is 1. The van der Waals surface area contributed by atoms with Crippen LogP contribution >= 0.6 is 0 Å². The molecule has 1 aromatic carbocycles. The van der Waals surface area contributed by atoms with Gasteiger partial charge in [0.2, 0.25) is 0 Å². The molecule has 1 amide bonds. The summed E-state index contributed by atoms with van der Waals surface area (Å²) in [6, 6.07) is 11.4. The summed E-state index contributed by atoms with van der Waals surface area (Å²) in [6.07, 6.45) is 0.922. The lowest BCUT2D eigenvalue weighted by molar-refractivity contribution is -0.386. The van der Waals surface area contributed by atoms with Crippen LogP contribution in [0.4, 0.5) is 11.4 Å². The third-order valence-electron chi connectivity index (χ3n) is 4.53. The maximum Gasteiger partial charge on any atom is 0.346 e. The Bertz CT molecular complexity index is 879. The number of nitro groups is 1. The Morgan fingerprint density at radius 2 is 2.12 bits per heavy atom. The Labute approximate surface area is 150 Å². The third-order valence-corrected chi connectivity index (χ3v) is 4.53. The van der Waals surface area contributed by atoms with Gasteiger partial charge in [-0.2, -0.15) is 0 Å². The molecule has 136 valence electrons. The van der Waals surface area contributed by atoms with Crippen LogP contribution < -0.4 is 15.8 Å². The van der Waals surface area contributed by atoms with Gasteiger partial charge in [0.25, 0.3) is 5.91 Å². The molecule has 0 spiro atoms. The highest BCUT2D eigenvalue weighted by atomic mass is 16.6. The zero-order chi connectivity index (χ0) is 18.7. The predicted molar refractivity (Wildman–Crippen MR) is 97.5 cm³/mol. The molecule has 1 saturated heterocycles. The van der Waals surface area contributed by atoms with Gasteiger partial charge in [0, 0.05) is 31.0 Å². The molecule has 26 heavy (non-hydrogen) atoms. The van der Waals surface area contributed by atoms with E-state index in [-0.39, 0.29) is 11.5 Å². The highest BCUT2D eigenvalue weighted by Crippen LogP contribution is 2.23. The quantitative estimate of drug-likeness (QED) is 0.628. The summed E-state index contributed by atoms with van der Waals surface area (Å²) >= 11 is 0. The van der Waals surface area contributed by atoms with E-state index in [1.807, 2.05) is 30.3 Å². The maximum atomic E-state index is 12.4. The molecule has 0 aliphatic carbocycles. The van der Waals surface area contributed by atoms with Crippen molar-refractivity contribution in [3.63, 3.8) is 0 Å². The largest absolute Gasteiger partial charge is 0.371 e. The van der Waals surface area contributed by atoms with Gasteiger partial charge in [-0.3, -0.25) is 19.7 Å². The molecule has 1 atom stereocenters.